The Hall–Kier alpha value is -2.90. The first-order valence-electron chi connectivity index (χ1n) is 11.0. The molecule has 0 fully saturated rings. The van der Waals surface area contributed by atoms with E-state index < -0.39 is 0 Å². The Labute approximate surface area is 190 Å². The predicted molar refractivity (Wildman–Crippen MR) is 125 cm³/mol. The highest BCUT2D eigenvalue weighted by atomic mass is 16.5. The number of carbonyl (C=O) groups is 2. The van der Waals surface area contributed by atoms with Crippen molar-refractivity contribution in [1.29, 1.82) is 0 Å². The number of hydrogen-bond acceptors (Lipinski definition) is 5. The van der Waals surface area contributed by atoms with Crippen LogP contribution < -0.4 is 10.1 Å². The number of aliphatic hydroxyl groups excluding tert-OH is 1. The number of carbonyl (C=O) groups excluding carboxylic acids is 2. The van der Waals surface area contributed by atoms with Gasteiger partial charge in [-0.15, -0.1) is 0 Å². The minimum atomic E-state index is -0.327. The van der Waals surface area contributed by atoms with Crippen molar-refractivity contribution in [2.24, 2.45) is 5.92 Å². The van der Waals surface area contributed by atoms with Gasteiger partial charge in [-0.05, 0) is 44.8 Å². The van der Waals surface area contributed by atoms with Crippen LogP contribution in [0.5, 0.6) is 5.75 Å². The maximum atomic E-state index is 13.4. The summed E-state index contributed by atoms with van der Waals surface area (Å²) < 4.78 is 6.28. The van der Waals surface area contributed by atoms with Gasteiger partial charge in [0.2, 0.25) is 5.91 Å². The van der Waals surface area contributed by atoms with E-state index in [9.17, 15) is 14.7 Å². The first-order valence-corrected chi connectivity index (χ1v) is 11.0. The molecule has 0 bridgehead atoms. The van der Waals surface area contributed by atoms with Crippen molar-refractivity contribution >= 4 is 17.5 Å². The highest BCUT2D eigenvalue weighted by molar-refractivity contribution is 6.00. The van der Waals surface area contributed by atoms with Gasteiger partial charge in [-0.1, -0.05) is 37.3 Å². The van der Waals surface area contributed by atoms with E-state index >= 15 is 0 Å². The molecule has 3 rings (SSSR count). The van der Waals surface area contributed by atoms with E-state index in [-0.39, 0.29) is 42.9 Å². The van der Waals surface area contributed by atoms with Crippen molar-refractivity contribution in [1.82, 2.24) is 9.80 Å². The number of rotatable bonds is 7. The Morgan fingerprint density at radius 1 is 1.25 bits per heavy atom. The van der Waals surface area contributed by atoms with Crippen molar-refractivity contribution in [2.75, 3.05) is 39.1 Å². The fraction of sp³-hybridized carbons (Fsp3) is 0.440. The van der Waals surface area contributed by atoms with Crippen molar-refractivity contribution in [3.63, 3.8) is 0 Å². The van der Waals surface area contributed by atoms with E-state index in [1.54, 1.807) is 23.1 Å². The summed E-state index contributed by atoms with van der Waals surface area (Å²) in [4.78, 5) is 29.7. The Kier molecular flexibility index (Phi) is 7.88. The average Bonchev–Trinajstić information content (AvgIpc) is 2.76. The predicted octanol–water partition coefficient (Wildman–Crippen LogP) is 2.65. The monoisotopic (exact) mass is 439 g/mol. The Morgan fingerprint density at radius 3 is 2.62 bits per heavy atom. The number of benzene rings is 2. The van der Waals surface area contributed by atoms with Gasteiger partial charge in [0, 0.05) is 24.7 Å². The van der Waals surface area contributed by atoms with Crippen molar-refractivity contribution in [2.45, 2.75) is 32.4 Å². The van der Waals surface area contributed by atoms with Crippen LogP contribution in [-0.4, -0.2) is 72.7 Å². The molecular formula is C25H33N3O4. The number of hydrogen-bond donors (Lipinski definition) is 2. The molecule has 2 aromatic carbocycles. The van der Waals surface area contributed by atoms with E-state index in [2.05, 4.69) is 17.1 Å². The fourth-order valence-corrected chi connectivity index (χ4v) is 3.86. The molecule has 0 saturated heterocycles. The SMILES string of the molecule is C[C@H]1CN([C@@H](C)CO)C(=O)c2cc(NC(=O)Cc3ccccc3)ccc2O[C@H]1CN(C)C. The zero-order valence-corrected chi connectivity index (χ0v) is 19.2. The van der Waals surface area contributed by atoms with Crippen LogP contribution in [0.4, 0.5) is 5.69 Å². The number of ether oxygens (including phenoxy) is 1. The zero-order valence-electron chi connectivity index (χ0n) is 19.2. The Balaban J connectivity index is 1.89. The van der Waals surface area contributed by atoms with Crippen LogP contribution in [0.3, 0.4) is 0 Å². The lowest BCUT2D eigenvalue weighted by Gasteiger charge is -2.37. The molecular weight excluding hydrogens is 406 g/mol. The van der Waals surface area contributed by atoms with Crippen LogP contribution >= 0.6 is 0 Å². The molecule has 1 aliphatic heterocycles. The molecule has 0 unspecified atom stereocenters. The second kappa shape index (κ2) is 10.6. The van der Waals surface area contributed by atoms with Crippen LogP contribution in [0.2, 0.25) is 0 Å². The summed E-state index contributed by atoms with van der Waals surface area (Å²) >= 11 is 0. The second-order valence-corrected chi connectivity index (χ2v) is 8.81. The maximum Gasteiger partial charge on any atom is 0.258 e. The number of aliphatic hydroxyl groups is 1. The smallest absolute Gasteiger partial charge is 0.258 e. The summed E-state index contributed by atoms with van der Waals surface area (Å²) in [7, 11) is 3.97. The van der Waals surface area contributed by atoms with Crippen molar-refractivity contribution in [3.8, 4) is 5.75 Å². The molecule has 3 atom stereocenters. The van der Waals surface area contributed by atoms with Gasteiger partial charge in [0.1, 0.15) is 11.9 Å². The van der Waals surface area contributed by atoms with Gasteiger partial charge >= 0.3 is 0 Å². The van der Waals surface area contributed by atoms with Crippen LogP contribution in [0.1, 0.15) is 29.8 Å². The third-order valence-corrected chi connectivity index (χ3v) is 5.70. The van der Waals surface area contributed by atoms with Gasteiger partial charge in [0.15, 0.2) is 0 Å². The topological polar surface area (TPSA) is 82.1 Å². The summed E-state index contributed by atoms with van der Waals surface area (Å²) in [6.45, 7) is 4.94. The van der Waals surface area contributed by atoms with E-state index in [4.69, 9.17) is 4.74 Å². The normalized spacial score (nSPS) is 19.6. The van der Waals surface area contributed by atoms with Crippen molar-refractivity contribution in [3.05, 3.63) is 59.7 Å². The van der Waals surface area contributed by atoms with Crippen LogP contribution in [0, 0.1) is 5.92 Å². The number of anilines is 1. The standard InChI is InChI=1S/C25H33N3O4/c1-17-14-28(18(2)16-29)25(31)21-13-20(10-11-22(21)32-23(17)15-27(3)4)26-24(30)12-19-8-6-5-7-9-19/h5-11,13,17-18,23,29H,12,14-16H2,1-4H3,(H,26,30)/t17-,18-,23-/m0/s1. The van der Waals surface area contributed by atoms with Gasteiger partial charge in [0.05, 0.1) is 24.6 Å². The van der Waals surface area contributed by atoms with E-state index in [0.717, 1.165) is 5.56 Å². The quantitative estimate of drug-likeness (QED) is 0.693. The minimum absolute atomic E-state index is 0.0775. The molecule has 2 N–H and O–H groups in total. The van der Waals surface area contributed by atoms with Crippen molar-refractivity contribution < 1.29 is 19.4 Å². The van der Waals surface area contributed by atoms with Gasteiger partial charge < -0.3 is 25.0 Å². The molecule has 1 heterocycles. The van der Waals surface area contributed by atoms with Crippen LogP contribution in [0.15, 0.2) is 48.5 Å². The second-order valence-electron chi connectivity index (χ2n) is 8.81. The lowest BCUT2D eigenvalue weighted by Crippen LogP contribution is -2.49. The zero-order chi connectivity index (χ0) is 23.3. The van der Waals surface area contributed by atoms with Gasteiger partial charge in [-0.2, -0.15) is 0 Å². The minimum Gasteiger partial charge on any atom is -0.488 e. The average molecular weight is 440 g/mol. The third-order valence-electron chi connectivity index (χ3n) is 5.70. The van der Waals surface area contributed by atoms with E-state index in [0.29, 0.717) is 30.1 Å². The van der Waals surface area contributed by atoms with Gasteiger partial charge in [0.25, 0.3) is 5.91 Å². The number of fused-ring (bicyclic) bond motifs is 1. The summed E-state index contributed by atoms with van der Waals surface area (Å²) in [6, 6.07) is 14.3. The van der Waals surface area contributed by atoms with Crippen LogP contribution in [0.25, 0.3) is 0 Å². The summed E-state index contributed by atoms with van der Waals surface area (Å²) in [6.07, 6.45) is 0.127. The largest absolute Gasteiger partial charge is 0.488 e. The highest BCUT2D eigenvalue weighted by Gasteiger charge is 2.33. The molecule has 0 spiro atoms. The molecule has 7 nitrogen and oxygen atoms in total. The summed E-state index contributed by atoms with van der Waals surface area (Å²) in [5.74, 6) is 0.198. The molecule has 0 aromatic heterocycles. The summed E-state index contributed by atoms with van der Waals surface area (Å²) in [5, 5.41) is 12.6. The third kappa shape index (κ3) is 5.87. The van der Waals surface area contributed by atoms with Crippen LogP contribution in [-0.2, 0) is 11.2 Å². The molecule has 7 heteroatoms. The molecule has 0 aliphatic carbocycles. The molecule has 2 amide bonds. The molecule has 0 saturated carbocycles. The van der Waals surface area contributed by atoms with Gasteiger partial charge in [-0.3, -0.25) is 9.59 Å². The number of amides is 2. The van der Waals surface area contributed by atoms with E-state index in [1.165, 1.54) is 0 Å². The lowest BCUT2D eigenvalue weighted by atomic mass is 9.99. The first-order chi connectivity index (χ1) is 15.3. The Bertz CT molecular complexity index is 932. The number of nitrogens with one attached hydrogen (secondary N) is 1. The maximum absolute atomic E-state index is 13.4. The van der Waals surface area contributed by atoms with Gasteiger partial charge in [-0.25, -0.2) is 0 Å². The molecule has 172 valence electrons. The lowest BCUT2D eigenvalue weighted by molar-refractivity contribution is -0.115. The molecule has 1 aliphatic rings. The number of nitrogens with zero attached hydrogens (tertiary/aromatic N) is 2. The molecule has 2 aromatic rings. The fourth-order valence-electron chi connectivity index (χ4n) is 3.86. The Morgan fingerprint density at radius 2 is 1.97 bits per heavy atom. The first kappa shape index (κ1) is 23.8. The highest BCUT2D eigenvalue weighted by Crippen LogP contribution is 2.30. The summed E-state index contributed by atoms with van der Waals surface area (Å²) in [5.41, 5.74) is 1.84. The molecule has 32 heavy (non-hydrogen) atoms. The molecule has 0 radical (unpaired) electrons. The van der Waals surface area contributed by atoms with E-state index in [1.807, 2.05) is 51.4 Å². The number of likely N-dealkylation sites (N-methyl/N-ethyl adjacent to an activating group) is 1.